The number of benzene rings is 1. The summed E-state index contributed by atoms with van der Waals surface area (Å²) in [6.07, 6.45) is -0.390. The number of hydrogen-bond acceptors (Lipinski definition) is 4. The number of furan rings is 1. The Morgan fingerprint density at radius 3 is 2.36 bits per heavy atom. The highest BCUT2D eigenvalue weighted by molar-refractivity contribution is 5.94. The van der Waals surface area contributed by atoms with E-state index in [0.29, 0.717) is 25.2 Å². The summed E-state index contributed by atoms with van der Waals surface area (Å²) < 4.78 is 45.2. The van der Waals surface area contributed by atoms with Gasteiger partial charge in [-0.25, -0.2) is 0 Å². The molecule has 150 valence electrons. The van der Waals surface area contributed by atoms with Crippen molar-refractivity contribution in [1.29, 1.82) is 0 Å². The maximum Gasteiger partial charge on any atom is 0.573 e. The predicted octanol–water partition coefficient (Wildman–Crippen LogP) is 3.46. The van der Waals surface area contributed by atoms with Crippen LogP contribution in [-0.2, 0) is 0 Å². The lowest BCUT2D eigenvalue weighted by molar-refractivity contribution is -0.274. The first-order valence-electron chi connectivity index (χ1n) is 8.77. The van der Waals surface area contributed by atoms with Crippen LogP contribution in [0.2, 0.25) is 0 Å². The maximum atomic E-state index is 12.2. The Morgan fingerprint density at radius 1 is 1.11 bits per heavy atom. The second kappa shape index (κ2) is 8.37. The zero-order chi connectivity index (χ0) is 20.1. The van der Waals surface area contributed by atoms with E-state index in [1.165, 1.54) is 24.7 Å². The minimum Gasteiger partial charge on any atom is -0.472 e. The molecule has 0 unspecified atom stereocenters. The number of piperidine rings is 1. The number of carbonyl (C=O) groups is 2. The smallest absolute Gasteiger partial charge is 0.472 e. The van der Waals surface area contributed by atoms with E-state index in [-0.39, 0.29) is 29.0 Å². The molecule has 0 saturated carbocycles. The number of amides is 2. The summed E-state index contributed by atoms with van der Waals surface area (Å²) in [4.78, 5) is 26.2. The van der Waals surface area contributed by atoms with Gasteiger partial charge in [0.25, 0.3) is 11.8 Å². The molecule has 2 aromatic rings. The third kappa shape index (κ3) is 5.28. The Kier molecular flexibility index (Phi) is 5.91. The molecule has 0 spiro atoms. The van der Waals surface area contributed by atoms with Crippen molar-refractivity contribution >= 4 is 11.8 Å². The van der Waals surface area contributed by atoms with Crippen LogP contribution in [0.4, 0.5) is 13.2 Å². The van der Waals surface area contributed by atoms with Gasteiger partial charge in [-0.15, -0.1) is 13.2 Å². The molecule has 1 aromatic carbocycles. The predicted molar refractivity (Wildman–Crippen MR) is 92.8 cm³/mol. The Labute approximate surface area is 159 Å². The third-order valence-corrected chi connectivity index (χ3v) is 4.57. The average Bonchev–Trinajstić information content (AvgIpc) is 3.20. The molecule has 1 saturated heterocycles. The lowest BCUT2D eigenvalue weighted by atomic mass is 9.96. The van der Waals surface area contributed by atoms with Crippen LogP contribution >= 0.6 is 0 Å². The molecular formula is C19H19F3N2O4. The van der Waals surface area contributed by atoms with E-state index in [1.54, 1.807) is 11.0 Å². The van der Waals surface area contributed by atoms with Crippen molar-refractivity contribution < 1.29 is 31.9 Å². The summed E-state index contributed by atoms with van der Waals surface area (Å²) in [5.41, 5.74) is 0.770. The van der Waals surface area contributed by atoms with Crippen molar-refractivity contribution in [3.8, 4) is 5.75 Å². The van der Waals surface area contributed by atoms with Crippen LogP contribution in [0.3, 0.4) is 0 Å². The second-order valence-corrected chi connectivity index (χ2v) is 6.53. The number of likely N-dealkylation sites (tertiary alicyclic amines) is 1. The molecule has 3 rings (SSSR count). The molecule has 28 heavy (non-hydrogen) atoms. The Hall–Kier alpha value is -2.97. The van der Waals surface area contributed by atoms with E-state index in [9.17, 15) is 22.8 Å². The number of alkyl halides is 3. The van der Waals surface area contributed by atoms with Crippen molar-refractivity contribution in [2.75, 3.05) is 19.6 Å². The first-order valence-corrected chi connectivity index (χ1v) is 8.77. The summed E-state index contributed by atoms with van der Waals surface area (Å²) in [5.74, 6) is -0.586. The van der Waals surface area contributed by atoms with Gasteiger partial charge in [-0.3, -0.25) is 9.59 Å². The van der Waals surface area contributed by atoms with E-state index in [2.05, 4.69) is 10.1 Å². The number of hydrogen-bond donors (Lipinski definition) is 1. The molecule has 2 amide bonds. The van der Waals surface area contributed by atoms with Gasteiger partial charge in [-0.05, 0) is 49.1 Å². The molecule has 2 heterocycles. The standard InChI is InChI=1S/C19H19F3N2O4/c20-19(21,22)28-16-3-1-14(2-4-16)17(25)23-11-13-5-8-24(9-6-13)18(26)15-7-10-27-12-15/h1-4,7,10,12-13H,5-6,8-9,11H2,(H,23,25). The average molecular weight is 396 g/mol. The van der Waals surface area contributed by atoms with Crippen molar-refractivity contribution in [1.82, 2.24) is 10.2 Å². The van der Waals surface area contributed by atoms with Crippen molar-refractivity contribution in [2.24, 2.45) is 5.92 Å². The van der Waals surface area contributed by atoms with Gasteiger partial charge < -0.3 is 19.4 Å². The van der Waals surface area contributed by atoms with Crippen molar-refractivity contribution in [3.05, 3.63) is 54.0 Å². The van der Waals surface area contributed by atoms with Gasteiger partial charge in [0.1, 0.15) is 12.0 Å². The summed E-state index contributed by atoms with van der Waals surface area (Å²) in [6.45, 7) is 1.62. The van der Waals surface area contributed by atoms with Crippen LogP contribution < -0.4 is 10.1 Å². The zero-order valence-electron chi connectivity index (χ0n) is 14.9. The van der Waals surface area contributed by atoms with E-state index in [1.807, 2.05) is 0 Å². The molecule has 1 aliphatic rings. The zero-order valence-corrected chi connectivity index (χ0v) is 14.9. The van der Waals surface area contributed by atoms with Crippen molar-refractivity contribution in [3.63, 3.8) is 0 Å². The van der Waals surface area contributed by atoms with Gasteiger partial charge in [-0.2, -0.15) is 0 Å². The van der Waals surface area contributed by atoms with E-state index >= 15 is 0 Å². The Balaban J connectivity index is 1.43. The fourth-order valence-corrected chi connectivity index (χ4v) is 3.06. The molecule has 0 bridgehead atoms. The normalized spacial score (nSPS) is 15.3. The molecule has 0 radical (unpaired) electrons. The number of rotatable bonds is 5. The van der Waals surface area contributed by atoms with E-state index in [4.69, 9.17) is 4.42 Å². The molecule has 1 aromatic heterocycles. The van der Waals surface area contributed by atoms with Crippen LogP contribution in [0.25, 0.3) is 0 Å². The van der Waals surface area contributed by atoms with Gasteiger partial charge in [0.05, 0.1) is 11.8 Å². The Bertz CT molecular complexity index is 796. The first-order chi connectivity index (χ1) is 13.3. The quantitative estimate of drug-likeness (QED) is 0.840. The van der Waals surface area contributed by atoms with Gasteiger partial charge in [0.15, 0.2) is 0 Å². The van der Waals surface area contributed by atoms with Crippen molar-refractivity contribution in [2.45, 2.75) is 19.2 Å². The minimum absolute atomic E-state index is 0.0719. The molecule has 1 N–H and O–H groups in total. The highest BCUT2D eigenvalue weighted by Gasteiger charge is 2.31. The van der Waals surface area contributed by atoms with Gasteiger partial charge in [0.2, 0.25) is 0 Å². The Morgan fingerprint density at radius 2 is 1.79 bits per heavy atom. The monoisotopic (exact) mass is 396 g/mol. The number of nitrogens with zero attached hydrogens (tertiary/aromatic N) is 1. The summed E-state index contributed by atoms with van der Waals surface area (Å²) in [7, 11) is 0. The molecular weight excluding hydrogens is 377 g/mol. The van der Waals surface area contributed by atoms with E-state index < -0.39 is 6.36 Å². The molecule has 0 atom stereocenters. The van der Waals surface area contributed by atoms with Gasteiger partial charge in [0, 0.05) is 25.2 Å². The van der Waals surface area contributed by atoms with Crippen LogP contribution in [0.5, 0.6) is 5.75 Å². The minimum atomic E-state index is -4.77. The van der Waals surface area contributed by atoms with Crippen LogP contribution in [0, 0.1) is 5.92 Å². The number of ether oxygens (including phenoxy) is 1. The summed E-state index contributed by atoms with van der Waals surface area (Å²) in [5, 5.41) is 2.79. The lowest BCUT2D eigenvalue weighted by Gasteiger charge is -2.31. The first kappa shape index (κ1) is 19.8. The van der Waals surface area contributed by atoms with Gasteiger partial charge >= 0.3 is 6.36 Å². The molecule has 1 aliphatic heterocycles. The van der Waals surface area contributed by atoms with Crippen LogP contribution in [-0.4, -0.2) is 42.7 Å². The number of halogens is 3. The topological polar surface area (TPSA) is 71.8 Å². The second-order valence-electron chi connectivity index (χ2n) is 6.53. The number of nitrogens with one attached hydrogen (secondary N) is 1. The largest absolute Gasteiger partial charge is 0.573 e. The molecule has 0 aliphatic carbocycles. The van der Waals surface area contributed by atoms with Crippen LogP contribution in [0.1, 0.15) is 33.6 Å². The highest BCUT2D eigenvalue weighted by atomic mass is 19.4. The third-order valence-electron chi connectivity index (χ3n) is 4.57. The SMILES string of the molecule is O=C(NCC1CCN(C(=O)c2ccoc2)CC1)c1ccc(OC(F)(F)F)cc1. The number of carbonyl (C=O) groups excluding carboxylic acids is 2. The fraction of sp³-hybridized carbons (Fsp3) is 0.368. The lowest BCUT2D eigenvalue weighted by Crippen LogP contribution is -2.41. The fourth-order valence-electron chi connectivity index (χ4n) is 3.06. The maximum absolute atomic E-state index is 12.2. The molecule has 6 nitrogen and oxygen atoms in total. The summed E-state index contributed by atoms with van der Waals surface area (Å²) in [6, 6.07) is 6.38. The molecule has 1 fully saturated rings. The highest BCUT2D eigenvalue weighted by Crippen LogP contribution is 2.23. The van der Waals surface area contributed by atoms with E-state index in [0.717, 1.165) is 25.0 Å². The molecule has 9 heteroatoms. The summed E-state index contributed by atoms with van der Waals surface area (Å²) >= 11 is 0. The van der Waals surface area contributed by atoms with Crippen LogP contribution in [0.15, 0.2) is 47.3 Å². The van der Waals surface area contributed by atoms with Gasteiger partial charge in [-0.1, -0.05) is 0 Å².